The number of nitrogens with zero attached hydrogens (tertiary/aromatic N) is 3. The standard InChI is InChI=1S/C17H22ClN3O2S/c1-11-13-7-8-20(16(22)23-17(2,3)4)10-14(13)21(19-11)9-12-5-6-15(18)24-12/h5-6H,7-10H2,1-4H3. The molecule has 0 atom stereocenters. The number of ether oxygens (including phenoxy) is 1. The molecule has 0 unspecified atom stereocenters. The second-order valence-corrected chi connectivity index (χ2v) is 8.83. The van der Waals surface area contributed by atoms with E-state index in [0.29, 0.717) is 19.6 Å². The van der Waals surface area contributed by atoms with Gasteiger partial charge in [-0.05, 0) is 51.8 Å². The Morgan fingerprint density at radius 2 is 2.17 bits per heavy atom. The van der Waals surface area contributed by atoms with Crippen molar-refractivity contribution in [1.82, 2.24) is 14.7 Å². The Labute approximate surface area is 151 Å². The molecule has 3 rings (SSSR count). The molecular weight excluding hydrogens is 346 g/mol. The Morgan fingerprint density at radius 3 is 2.79 bits per heavy atom. The summed E-state index contributed by atoms with van der Waals surface area (Å²) in [6.45, 7) is 9.55. The van der Waals surface area contributed by atoms with E-state index in [1.165, 1.54) is 5.56 Å². The Kier molecular flexibility index (Phi) is 4.62. The van der Waals surface area contributed by atoms with E-state index in [9.17, 15) is 4.79 Å². The quantitative estimate of drug-likeness (QED) is 0.797. The third-order valence-corrected chi connectivity index (χ3v) is 5.14. The normalized spacial score (nSPS) is 14.6. The second-order valence-electron chi connectivity index (χ2n) is 7.03. The number of carbonyl (C=O) groups is 1. The smallest absolute Gasteiger partial charge is 0.410 e. The molecule has 130 valence electrons. The molecule has 5 nitrogen and oxygen atoms in total. The fourth-order valence-corrected chi connectivity index (χ4v) is 3.94. The maximum Gasteiger partial charge on any atom is 0.410 e. The number of thiophene rings is 1. The van der Waals surface area contributed by atoms with Crippen molar-refractivity contribution in [2.75, 3.05) is 6.54 Å². The number of hydrogen-bond donors (Lipinski definition) is 0. The molecule has 0 spiro atoms. The average molecular weight is 368 g/mol. The number of halogens is 1. The molecule has 0 bridgehead atoms. The maximum atomic E-state index is 12.4. The number of hydrogen-bond acceptors (Lipinski definition) is 4. The number of fused-ring (bicyclic) bond motifs is 1. The Morgan fingerprint density at radius 1 is 1.42 bits per heavy atom. The van der Waals surface area contributed by atoms with Crippen LogP contribution in [0.25, 0.3) is 0 Å². The lowest BCUT2D eigenvalue weighted by atomic mass is 10.1. The van der Waals surface area contributed by atoms with Crippen LogP contribution in [0.15, 0.2) is 12.1 Å². The van der Waals surface area contributed by atoms with E-state index in [0.717, 1.165) is 27.0 Å². The molecule has 1 aliphatic rings. The van der Waals surface area contributed by atoms with Gasteiger partial charge in [0, 0.05) is 11.4 Å². The number of rotatable bonds is 2. The molecule has 1 amide bonds. The second kappa shape index (κ2) is 6.41. The van der Waals surface area contributed by atoms with E-state index in [1.54, 1.807) is 16.2 Å². The van der Waals surface area contributed by atoms with E-state index in [4.69, 9.17) is 16.3 Å². The van der Waals surface area contributed by atoms with Crippen LogP contribution in [0.5, 0.6) is 0 Å². The predicted octanol–water partition coefficient (Wildman–Crippen LogP) is 4.25. The van der Waals surface area contributed by atoms with Gasteiger partial charge in [0.05, 0.1) is 28.8 Å². The molecule has 7 heteroatoms. The summed E-state index contributed by atoms with van der Waals surface area (Å²) in [5.74, 6) is 0. The van der Waals surface area contributed by atoms with Crippen molar-refractivity contribution in [3.63, 3.8) is 0 Å². The van der Waals surface area contributed by atoms with Crippen molar-refractivity contribution in [1.29, 1.82) is 0 Å². The Bertz CT molecular complexity index is 760. The highest BCUT2D eigenvalue weighted by Gasteiger charge is 2.29. The van der Waals surface area contributed by atoms with Crippen molar-refractivity contribution in [3.8, 4) is 0 Å². The van der Waals surface area contributed by atoms with Crippen LogP contribution in [0.2, 0.25) is 4.34 Å². The van der Waals surface area contributed by atoms with Gasteiger partial charge in [-0.1, -0.05) is 11.6 Å². The molecule has 3 heterocycles. The average Bonchev–Trinajstić information content (AvgIpc) is 3.02. The molecule has 0 saturated carbocycles. The third kappa shape index (κ3) is 3.75. The van der Waals surface area contributed by atoms with Crippen molar-refractivity contribution in [3.05, 3.63) is 38.3 Å². The van der Waals surface area contributed by atoms with Crippen molar-refractivity contribution in [2.24, 2.45) is 0 Å². The topological polar surface area (TPSA) is 47.4 Å². The van der Waals surface area contributed by atoms with Crippen molar-refractivity contribution < 1.29 is 9.53 Å². The van der Waals surface area contributed by atoms with Crippen LogP contribution in [0.1, 0.15) is 42.6 Å². The minimum absolute atomic E-state index is 0.266. The van der Waals surface area contributed by atoms with Gasteiger partial charge in [0.1, 0.15) is 5.60 Å². The summed E-state index contributed by atoms with van der Waals surface area (Å²) in [5.41, 5.74) is 2.89. The van der Waals surface area contributed by atoms with Crippen molar-refractivity contribution in [2.45, 2.75) is 52.8 Å². The van der Waals surface area contributed by atoms with E-state index in [-0.39, 0.29) is 6.09 Å². The summed E-state index contributed by atoms with van der Waals surface area (Å²) < 4.78 is 8.27. The third-order valence-electron chi connectivity index (χ3n) is 3.93. The number of aryl methyl sites for hydroxylation is 1. The summed E-state index contributed by atoms with van der Waals surface area (Å²) in [4.78, 5) is 15.3. The van der Waals surface area contributed by atoms with Gasteiger partial charge in [-0.25, -0.2) is 4.79 Å². The summed E-state index contributed by atoms with van der Waals surface area (Å²) in [6.07, 6.45) is 0.545. The van der Waals surface area contributed by atoms with Gasteiger partial charge in [-0.3, -0.25) is 4.68 Å². The summed E-state index contributed by atoms with van der Waals surface area (Å²) in [5, 5.41) is 4.67. The van der Waals surface area contributed by atoms with Gasteiger partial charge in [0.25, 0.3) is 0 Å². The maximum absolute atomic E-state index is 12.4. The van der Waals surface area contributed by atoms with Crippen LogP contribution in [-0.2, 0) is 24.2 Å². The van der Waals surface area contributed by atoms with Crippen LogP contribution >= 0.6 is 22.9 Å². The Balaban J connectivity index is 1.80. The van der Waals surface area contributed by atoms with E-state index < -0.39 is 5.60 Å². The molecular formula is C17H22ClN3O2S. The monoisotopic (exact) mass is 367 g/mol. The first-order valence-electron chi connectivity index (χ1n) is 8.00. The highest BCUT2D eigenvalue weighted by atomic mass is 35.5. The van der Waals surface area contributed by atoms with E-state index in [1.807, 2.05) is 44.5 Å². The minimum atomic E-state index is -0.485. The first-order valence-corrected chi connectivity index (χ1v) is 9.19. The molecule has 2 aromatic heterocycles. The molecule has 0 fully saturated rings. The van der Waals surface area contributed by atoms with Crippen molar-refractivity contribution >= 4 is 29.0 Å². The van der Waals surface area contributed by atoms with Crippen LogP contribution in [0.3, 0.4) is 0 Å². The lowest BCUT2D eigenvalue weighted by molar-refractivity contribution is 0.0219. The first-order chi connectivity index (χ1) is 11.2. The minimum Gasteiger partial charge on any atom is -0.444 e. The molecule has 0 aliphatic carbocycles. The van der Waals surface area contributed by atoms with Gasteiger partial charge < -0.3 is 9.64 Å². The molecule has 0 aromatic carbocycles. The molecule has 2 aromatic rings. The van der Waals surface area contributed by atoms with Crippen LogP contribution in [0.4, 0.5) is 4.79 Å². The van der Waals surface area contributed by atoms with Crippen LogP contribution in [-0.4, -0.2) is 32.9 Å². The molecule has 0 radical (unpaired) electrons. The summed E-state index contributed by atoms with van der Waals surface area (Å²) in [6, 6.07) is 3.92. The summed E-state index contributed by atoms with van der Waals surface area (Å²) in [7, 11) is 0. The fraction of sp³-hybridized carbons (Fsp3) is 0.529. The molecule has 24 heavy (non-hydrogen) atoms. The SMILES string of the molecule is Cc1nn(Cc2ccc(Cl)s2)c2c1CCN(C(=O)OC(C)(C)C)C2. The van der Waals surface area contributed by atoms with Gasteiger partial charge in [-0.15, -0.1) is 11.3 Å². The van der Waals surface area contributed by atoms with Gasteiger partial charge in [-0.2, -0.15) is 5.10 Å². The zero-order chi connectivity index (χ0) is 17.5. The number of aromatic nitrogens is 2. The van der Waals surface area contributed by atoms with Crippen LogP contribution in [0, 0.1) is 6.92 Å². The lowest BCUT2D eigenvalue weighted by Gasteiger charge is -2.30. The first kappa shape index (κ1) is 17.3. The zero-order valence-corrected chi connectivity index (χ0v) is 16.0. The summed E-state index contributed by atoms with van der Waals surface area (Å²) >= 11 is 7.58. The highest BCUT2D eigenvalue weighted by Crippen LogP contribution is 2.27. The molecule has 0 N–H and O–H groups in total. The van der Waals surface area contributed by atoms with Gasteiger partial charge >= 0.3 is 6.09 Å². The van der Waals surface area contributed by atoms with Crippen LogP contribution < -0.4 is 0 Å². The number of amides is 1. The largest absolute Gasteiger partial charge is 0.444 e. The highest BCUT2D eigenvalue weighted by molar-refractivity contribution is 7.16. The lowest BCUT2D eigenvalue weighted by Crippen LogP contribution is -2.40. The van der Waals surface area contributed by atoms with E-state index in [2.05, 4.69) is 5.10 Å². The van der Waals surface area contributed by atoms with E-state index >= 15 is 0 Å². The number of carbonyl (C=O) groups excluding carboxylic acids is 1. The predicted molar refractivity (Wildman–Crippen MR) is 95.7 cm³/mol. The van der Waals surface area contributed by atoms with Gasteiger partial charge in [0.15, 0.2) is 0 Å². The van der Waals surface area contributed by atoms with Gasteiger partial charge in [0.2, 0.25) is 0 Å². The fourth-order valence-electron chi connectivity index (χ4n) is 2.87. The Hall–Kier alpha value is -1.53. The molecule has 0 saturated heterocycles. The molecule has 1 aliphatic heterocycles. The zero-order valence-electron chi connectivity index (χ0n) is 14.4.